The molecule has 0 radical (unpaired) electrons. The van der Waals surface area contributed by atoms with E-state index >= 15 is 0 Å². The predicted octanol–water partition coefficient (Wildman–Crippen LogP) is 3.07. The zero-order valence-electron chi connectivity index (χ0n) is 8.98. The summed E-state index contributed by atoms with van der Waals surface area (Å²) in [5.41, 5.74) is 0.696. The van der Waals surface area contributed by atoms with E-state index in [0.29, 0.717) is 11.7 Å². The van der Waals surface area contributed by atoms with Crippen molar-refractivity contribution in [3.63, 3.8) is 0 Å². The van der Waals surface area contributed by atoms with Crippen LogP contribution < -0.4 is 4.74 Å². The molecule has 0 amide bonds. The molecule has 1 aliphatic rings. The van der Waals surface area contributed by atoms with Crippen LogP contribution in [-0.4, -0.2) is 12.4 Å². The van der Waals surface area contributed by atoms with Crippen molar-refractivity contribution in [2.45, 2.75) is 32.3 Å². The van der Waals surface area contributed by atoms with Crippen molar-refractivity contribution in [2.24, 2.45) is 5.92 Å². The molecule has 2 rings (SSSR count). The van der Waals surface area contributed by atoms with Crippen molar-refractivity contribution in [3.05, 3.63) is 29.8 Å². The van der Waals surface area contributed by atoms with Crippen molar-refractivity contribution in [3.8, 4) is 5.75 Å². The minimum atomic E-state index is 0.363. The lowest BCUT2D eigenvalue weighted by Gasteiger charge is -2.13. The lowest BCUT2D eigenvalue weighted by atomic mass is 10.1. The van der Waals surface area contributed by atoms with E-state index in [1.54, 1.807) is 12.1 Å². The third-order valence-corrected chi connectivity index (χ3v) is 2.97. The first kappa shape index (κ1) is 10.2. The molecule has 1 aromatic carbocycles. The van der Waals surface area contributed by atoms with E-state index in [0.717, 1.165) is 30.8 Å². The third-order valence-electron chi connectivity index (χ3n) is 2.97. The monoisotopic (exact) mass is 204 g/mol. The summed E-state index contributed by atoms with van der Waals surface area (Å²) in [7, 11) is 0. The number of aldehydes is 1. The second kappa shape index (κ2) is 4.47. The molecule has 0 spiro atoms. The van der Waals surface area contributed by atoms with Gasteiger partial charge < -0.3 is 4.74 Å². The van der Waals surface area contributed by atoms with E-state index in [4.69, 9.17) is 4.74 Å². The molecule has 0 heterocycles. The number of benzene rings is 1. The van der Waals surface area contributed by atoms with Crippen LogP contribution in [-0.2, 0) is 0 Å². The van der Waals surface area contributed by atoms with Crippen molar-refractivity contribution < 1.29 is 9.53 Å². The first-order valence-corrected chi connectivity index (χ1v) is 5.50. The summed E-state index contributed by atoms with van der Waals surface area (Å²) in [5, 5.41) is 0. The number of carbonyl (C=O) groups is 1. The predicted molar refractivity (Wildman–Crippen MR) is 59.3 cm³/mol. The zero-order valence-corrected chi connectivity index (χ0v) is 8.98. The third kappa shape index (κ3) is 2.58. The van der Waals surface area contributed by atoms with Crippen LogP contribution in [0.2, 0.25) is 0 Å². The summed E-state index contributed by atoms with van der Waals surface area (Å²) in [6, 6.07) is 7.32. The van der Waals surface area contributed by atoms with Crippen LogP contribution in [0, 0.1) is 5.92 Å². The van der Waals surface area contributed by atoms with Crippen LogP contribution in [0.15, 0.2) is 24.3 Å². The maximum absolute atomic E-state index is 10.5. The maximum Gasteiger partial charge on any atom is 0.150 e. The Hall–Kier alpha value is -1.31. The molecule has 0 bridgehead atoms. The van der Waals surface area contributed by atoms with Crippen molar-refractivity contribution in [2.75, 3.05) is 0 Å². The Balaban J connectivity index is 1.96. The molecule has 1 aromatic rings. The molecular weight excluding hydrogens is 188 g/mol. The molecule has 15 heavy (non-hydrogen) atoms. The SMILES string of the molecule is CC1CCC(Oc2ccc(C=O)cc2)C1. The lowest BCUT2D eigenvalue weighted by Crippen LogP contribution is -2.11. The summed E-state index contributed by atoms with van der Waals surface area (Å²) < 4.78 is 5.83. The normalized spacial score (nSPS) is 25.1. The highest BCUT2D eigenvalue weighted by atomic mass is 16.5. The number of ether oxygens (including phenoxy) is 1. The van der Waals surface area contributed by atoms with E-state index in [9.17, 15) is 4.79 Å². The highest BCUT2D eigenvalue weighted by molar-refractivity contribution is 5.74. The largest absolute Gasteiger partial charge is 0.490 e. The standard InChI is InChI=1S/C13H16O2/c1-10-2-5-13(8-10)15-12-6-3-11(9-14)4-7-12/h3-4,6-7,9-10,13H,2,5,8H2,1H3. The van der Waals surface area contributed by atoms with E-state index in [1.165, 1.54) is 6.42 Å². The molecule has 2 nitrogen and oxygen atoms in total. The topological polar surface area (TPSA) is 26.3 Å². The average Bonchev–Trinajstić information content (AvgIpc) is 2.65. The maximum atomic E-state index is 10.5. The fraction of sp³-hybridized carbons (Fsp3) is 0.462. The van der Waals surface area contributed by atoms with E-state index in [2.05, 4.69) is 6.92 Å². The average molecular weight is 204 g/mol. The van der Waals surface area contributed by atoms with Gasteiger partial charge in [0.25, 0.3) is 0 Å². The van der Waals surface area contributed by atoms with Crippen molar-refractivity contribution >= 4 is 6.29 Å². The minimum absolute atomic E-state index is 0.363. The molecule has 1 saturated carbocycles. The highest BCUT2D eigenvalue weighted by Crippen LogP contribution is 2.28. The molecule has 2 atom stereocenters. The fourth-order valence-corrected chi connectivity index (χ4v) is 2.08. The van der Waals surface area contributed by atoms with Crippen LogP contribution in [0.4, 0.5) is 0 Å². The summed E-state index contributed by atoms with van der Waals surface area (Å²) in [5.74, 6) is 1.66. The molecule has 1 fully saturated rings. The second-order valence-corrected chi connectivity index (χ2v) is 4.34. The first-order chi connectivity index (χ1) is 7.28. The molecular formula is C13H16O2. The van der Waals surface area contributed by atoms with Gasteiger partial charge in [0, 0.05) is 5.56 Å². The molecule has 0 aliphatic heterocycles. The summed E-state index contributed by atoms with van der Waals surface area (Å²) in [6.07, 6.45) is 4.77. The Morgan fingerprint density at radius 2 is 2.00 bits per heavy atom. The van der Waals surface area contributed by atoms with Gasteiger partial charge in [0.15, 0.2) is 0 Å². The van der Waals surface area contributed by atoms with Gasteiger partial charge in [-0.3, -0.25) is 4.79 Å². The van der Waals surface area contributed by atoms with Gasteiger partial charge in [0.2, 0.25) is 0 Å². The number of rotatable bonds is 3. The first-order valence-electron chi connectivity index (χ1n) is 5.50. The van der Waals surface area contributed by atoms with Gasteiger partial charge in [-0.1, -0.05) is 6.92 Å². The van der Waals surface area contributed by atoms with Gasteiger partial charge in [-0.15, -0.1) is 0 Å². The second-order valence-electron chi connectivity index (χ2n) is 4.34. The molecule has 0 aromatic heterocycles. The molecule has 2 unspecified atom stereocenters. The molecule has 1 aliphatic carbocycles. The molecule has 2 heteroatoms. The van der Waals surface area contributed by atoms with Crippen molar-refractivity contribution in [1.82, 2.24) is 0 Å². The minimum Gasteiger partial charge on any atom is -0.490 e. The van der Waals surface area contributed by atoms with Crippen molar-refractivity contribution in [1.29, 1.82) is 0 Å². The Morgan fingerprint density at radius 1 is 1.27 bits per heavy atom. The van der Waals surface area contributed by atoms with Gasteiger partial charge in [-0.25, -0.2) is 0 Å². The Labute approximate surface area is 90.3 Å². The molecule has 80 valence electrons. The Morgan fingerprint density at radius 3 is 2.53 bits per heavy atom. The van der Waals surface area contributed by atoms with E-state index in [1.807, 2.05) is 12.1 Å². The number of hydrogen-bond acceptors (Lipinski definition) is 2. The highest BCUT2D eigenvalue weighted by Gasteiger charge is 2.22. The van der Waals surface area contributed by atoms with Crippen LogP contribution in [0.1, 0.15) is 36.5 Å². The quantitative estimate of drug-likeness (QED) is 0.707. The zero-order chi connectivity index (χ0) is 10.7. The van der Waals surface area contributed by atoms with Gasteiger partial charge in [0.1, 0.15) is 12.0 Å². The van der Waals surface area contributed by atoms with E-state index < -0.39 is 0 Å². The van der Waals surface area contributed by atoms with Crippen LogP contribution in [0.3, 0.4) is 0 Å². The number of carbonyl (C=O) groups excluding carboxylic acids is 1. The molecule has 0 N–H and O–H groups in total. The Kier molecular flexibility index (Phi) is 3.05. The van der Waals surface area contributed by atoms with Crippen LogP contribution >= 0.6 is 0 Å². The summed E-state index contributed by atoms with van der Waals surface area (Å²) >= 11 is 0. The van der Waals surface area contributed by atoms with Gasteiger partial charge in [0.05, 0.1) is 6.10 Å². The fourth-order valence-electron chi connectivity index (χ4n) is 2.08. The van der Waals surface area contributed by atoms with Crippen LogP contribution in [0.5, 0.6) is 5.75 Å². The smallest absolute Gasteiger partial charge is 0.150 e. The lowest BCUT2D eigenvalue weighted by molar-refractivity contribution is 0.112. The number of hydrogen-bond donors (Lipinski definition) is 0. The van der Waals surface area contributed by atoms with Crippen LogP contribution in [0.25, 0.3) is 0 Å². The van der Waals surface area contributed by atoms with Gasteiger partial charge in [-0.05, 0) is 49.4 Å². The summed E-state index contributed by atoms with van der Waals surface area (Å²) in [6.45, 7) is 2.26. The summed E-state index contributed by atoms with van der Waals surface area (Å²) in [4.78, 5) is 10.5. The van der Waals surface area contributed by atoms with Gasteiger partial charge in [-0.2, -0.15) is 0 Å². The van der Waals surface area contributed by atoms with Gasteiger partial charge >= 0.3 is 0 Å². The Bertz CT molecular complexity index is 329. The van der Waals surface area contributed by atoms with E-state index in [-0.39, 0.29) is 0 Å². The molecule has 0 saturated heterocycles.